The zero-order chi connectivity index (χ0) is 13.5. The second-order valence-corrected chi connectivity index (χ2v) is 5.47. The molecule has 0 saturated heterocycles. The van der Waals surface area contributed by atoms with E-state index in [9.17, 15) is 0 Å². The van der Waals surface area contributed by atoms with Gasteiger partial charge in [-0.1, -0.05) is 50.0 Å². The van der Waals surface area contributed by atoms with E-state index in [0.717, 1.165) is 17.7 Å². The number of nitrogens with one attached hydrogen (secondary N) is 1. The van der Waals surface area contributed by atoms with E-state index in [1.807, 2.05) is 18.2 Å². The lowest BCUT2D eigenvalue weighted by atomic mass is 10.1. The van der Waals surface area contributed by atoms with Crippen molar-refractivity contribution in [2.24, 2.45) is 5.73 Å². The zero-order valence-electron chi connectivity index (χ0n) is 11.0. The number of hydrogen-bond donors (Lipinski definition) is 2. The highest BCUT2D eigenvalue weighted by Gasteiger charge is 2.09. The van der Waals surface area contributed by atoms with Crippen molar-refractivity contribution in [3.05, 3.63) is 28.8 Å². The maximum Gasteiger partial charge on any atom is 0.106 e. The normalized spacial score (nSPS) is 12.2. The molecular weight excluding hydrogens is 264 g/mol. The van der Waals surface area contributed by atoms with Crippen LogP contribution in [0.25, 0.3) is 0 Å². The Labute approximate surface area is 120 Å². The summed E-state index contributed by atoms with van der Waals surface area (Å²) in [5, 5.41) is 4.11. The maximum atomic E-state index is 5.96. The average Bonchev–Trinajstić information content (AvgIpc) is 2.31. The number of halogens is 1. The molecule has 0 bridgehead atoms. The number of hydrogen-bond acceptors (Lipinski definition) is 2. The Hall–Kier alpha value is -0.800. The van der Waals surface area contributed by atoms with Gasteiger partial charge in [0.1, 0.15) is 4.99 Å². The number of unbranched alkanes of at least 4 members (excludes halogenated alkanes) is 2. The first-order chi connectivity index (χ1) is 8.54. The lowest BCUT2D eigenvalue weighted by Crippen LogP contribution is -2.19. The minimum absolute atomic E-state index is 0.376. The van der Waals surface area contributed by atoms with Gasteiger partial charge >= 0.3 is 0 Å². The fourth-order valence-corrected chi connectivity index (χ4v) is 2.23. The van der Waals surface area contributed by atoms with Crippen LogP contribution in [0.15, 0.2) is 18.2 Å². The first-order valence-electron chi connectivity index (χ1n) is 6.40. The molecule has 0 saturated carbocycles. The molecule has 3 N–H and O–H groups in total. The molecule has 0 fully saturated rings. The molecule has 0 heterocycles. The summed E-state index contributed by atoms with van der Waals surface area (Å²) in [4.78, 5) is 0.376. The molecule has 100 valence electrons. The Morgan fingerprint density at radius 3 is 2.78 bits per heavy atom. The molecule has 18 heavy (non-hydrogen) atoms. The predicted molar refractivity (Wildman–Crippen MR) is 84.6 cm³/mol. The molecule has 1 atom stereocenters. The van der Waals surface area contributed by atoms with Gasteiger partial charge in [-0.3, -0.25) is 0 Å². The fraction of sp³-hybridized carbons (Fsp3) is 0.500. The quantitative estimate of drug-likeness (QED) is 0.577. The summed E-state index contributed by atoms with van der Waals surface area (Å²) in [5.41, 5.74) is 7.50. The molecular formula is C14H21ClN2S. The van der Waals surface area contributed by atoms with Crippen molar-refractivity contribution in [3.63, 3.8) is 0 Å². The predicted octanol–water partition coefficient (Wildman–Crippen LogP) is 4.35. The largest absolute Gasteiger partial charge is 0.389 e. The molecule has 0 spiro atoms. The van der Waals surface area contributed by atoms with Gasteiger partial charge in [0.05, 0.1) is 0 Å². The second kappa shape index (κ2) is 7.59. The summed E-state index contributed by atoms with van der Waals surface area (Å²) in [5.74, 6) is 0. The molecule has 0 aliphatic carbocycles. The molecule has 1 aromatic carbocycles. The van der Waals surface area contributed by atoms with Crippen molar-refractivity contribution in [1.82, 2.24) is 0 Å². The third-order valence-electron chi connectivity index (χ3n) is 2.89. The Balaban J connectivity index is 2.68. The van der Waals surface area contributed by atoms with E-state index >= 15 is 0 Å². The van der Waals surface area contributed by atoms with E-state index in [-0.39, 0.29) is 0 Å². The summed E-state index contributed by atoms with van der Waals surface area (Å²) < 4.78 is 0. The summed E-state index contributed by atoms with van der Waals surface area (Å²) in [6, 6.07) is 6.01. The molecule has 1 aromatic rings. The third-order valence-corrected chi connectivity index (χ3v) is 3.34. The lowest BCUT2D eigenvalue weighted by molar-refractivity contribution is 0.615. The van der Waals surface area contributed by atoms with Crippen LogP contribution in [0.2, 0.25) is 5.02 Å². The van der Waals surface area contributed by atoms with Crippen LogP contribution in [0.5, 0.6) is 0 Å². The highest BCUT2D eigenvalue weighted by Crippen LogP contribution is 2.22. The van der Waals surface area contributed by atoms with Crippen LogP contribution in [-0.2, 0) is 0 Å². The summed E-state index contributed by atoms with van der Waals surface area (Å²) in [6.07, 6.45) is 4.90. The topological polar surface area (TPSA) is 38.0 Å². The SMILES string of the molecule is CCCCCC(C)Nc1ccc(Cl)cc1C(N)=S. The Bertz CT molecular complexity index is 407. The Kier molecular flexibility index (Phi) is 6.44. The number of thiocarbonyl (C=S) groups is 1. The molecule has 1 unspecified atom stereocenters. The van der Waals surface area contributed by atoms with Crippen LogP contribution in [0, 0.1) is 0 Å². The molecule has 2 nitrogen and oxygen atoms in total. The van der Waals surface area contributed by atoms with E-state index in [1.54, 1.807) is 0 Å². The summed E-state index contributed by atoms with van der Waals surface area (Å²) in [6.45, 7) is 4.38. The van der Waals surface area contributed by atoms with E-state index in [2.05, 4.69) is 19.2 Å². The van der Waals surface area contributed by atoms with Crippen molar-refractivity contribution < 1.29 is 0 Å². The third kappa shape index (κ3) is 4.83. The Morgan fingerprint density at radius 2 is 2.17 bits per heavy atom. The van der Waals surface area contributed by atoms with Gasteiger partial charge < -0.3 is 11.1 Å². The average molecular weight is 285 g/mol. The van der Waals surface area contributed by atoms with E-state index in [4.69, 9.17) is 29.6 Å². The molecule has 0 aromatic heterocycles. The van der Waals surface area contributed by atoms with Crippen molar-refractivity contribution in [2.75, 3.05) is 5.32 Å². The zero-order valence-corrected chi connectivity index (χ0v) is 12.6. The number of nitrogens with two attached hydrogens (primary N) is 1. The van der Waals surface area contributed by atoms with Gasteiger partial charge in [0.25, 0.3) is 0 Å². The summed E-state index contributed by atoms with van der Waals surface area (Å²) >= 11 is 11.0. The number of anilines is 1. The second-order valence-electron chi connectivity index (χ2n) is 4.60. The minimum Gasteiger partial charge on any atom is -0.389 e. The van der Waals surface area contributed by atoms with Gasteiger partial charge in [0.15, 0.2) is 0 Å². The van der Waals surface area contributed by atoms with E-state index in [0.29, 0.717) is 16.1 Å². The minimum atomic E-state index is 0.376. The first kappa shape index (κ1) is 15.3. The van der Waals surface area contributed by atoms with Crippen molar-refractivity contribution in [2.45, 2.75) is 45.6 Å². The van der Waals surface area contributed by atoms with Crippen LogP contribution in [0.1, 0.15) is 45.1 Å². The van der Waals surface area contributed by atoms with Gasteiger partial charge in [0.2, 0.25) is 0 Å². The molecule has 4 heteroatoms. The molecule has 0 amide bonds. The molecule has 0 aliphatic heterocycles. The fourth-order valence-electron chi connectivity index (χ4n) is 1.88. The standard InChI is InChI=1S/C14H21ClN2S/c1-3-4-5-6-10(2)17-13-8-7-11(15)9-12(13)14(16)18/h7-10,17H,3-6H2,1-2H3,(H2,16,18). The molecule has 1 rings (SSSR count). The van der Waals surface area contributed by atoms with Gasteiger partial charge in [-0.25, -0.2) is 0 Å². The van der Waals surface area contributed by atoms with Crippen molar-refractivity contribution >= 4 is 34.5 Å². The Morgan fingerprint density at radius 1 is 1.44 bits per heavy atom. The van der Waals surface area contributed by atoms with Crippen LogP contribution in [0.3, 0.4) is 0 Å². The van der Waals surface area contributed by atoms with E-state index in [1.165, 1.54) is 19.3 Å². The summed E-state index contributed by atoms with van der Waals surface area (Å²) in [7, 11) is 0. The molecule has 0 radical (unpaired) electrons. The van der Waals surface area contributed by atoms with Crippen LogP contribution >= 0.6 is 23.8 Å². The smallest absolute Gasteiger partial charge is 0.106 e. The lowest BCUT2D eigenvalue weighted by Gasteiger charge is -2.18. The number of benzene rings is 1. The van der Waals surface area contributed by atoms with Gasteiger partial charge in [-0.05, 0) is 31.5 Å². The number of rotatable bonds is 7. The maximum absolute atomic E-state index is 5.96. The molecule has 0 aliphatic rings. The van der Waals surface area contributed by atoms with Gasteiger partial charge in [-0.2, -0.15) is 0 Å². The highest BCUT2D eigenvalue weighted by molar-refractivity contribution is 7.80. The monoisotopic (exact) mass is 284 g/mol. The first-order valence-corrected chi connectivity index (χ1v) is 7.19. The van der Waals surface area contributed by atoms with Crippen molar-refractivity contribution in [3.8, 4) is 0 Å². The van der Waals surface area contributed by atoms with Crippen LogP contribution in [-0.4, -0.2) is 11.0 Å². The van der Waals surface area contributed by atoms with Gasteiger partial charge in [-0.15, -0.1) is 0 Å². The highest BCUT2D eigenvalue weighted by atomic mass is 35.5. The van der Waals surface area contributed by atoms with E-state index < -0.39 is 0 Å². The van der Waals surface area contributed by atoms with Crippen molar-refractivity contribution in [1.29, 1.82) is 0 Å². The van der Waals surface area contributed by atoms with Crippen LogP contribution in [0.4, 0.5) is 5.69 Å². The van der Waals surface area contributed by atoms with Crippen LogP contribution < -0.4 is 11.1 Å². The van der Waals surface area contributed by atoms with Gasteiger partial charge in [0, 0.05) is 22.3 Å².